The minimum Gasteiger partial charge on any atom is -0.399 e. The average molecular weight is 231 g/mol. The number of ether oxygens (including phenoxy) is 1. The summed E-state index contributed by atoms with van der Waals surface area (Å²) in [6.07, 6.45) is 1.94. The highest BCUT2D eigenvalue weighted by Gasteiger charge is 2.24. The number of hydrogen-bond acceptors (Lipinski definition) is 5. The van der Waals surface area contributed by atoms with Crippen molar-refractivity contribution in [2.45, 2.75) is 18.9 Å². The van der Waals surface area contributed by atoms with E-state index in [9.17, 15) is 0 Å². The van der Waals surface area contributed by atoms with Crippen LogP contribution in [0.2, 0.25) is 0 Å². The fourth-order valence-corrected chi connectivity index (χ4v) is 1.93. The first-order valence-electron chi connectivity index (χ1n) is 5.64. The Morgan fingerprint density at radius 3 is 3.06 bits per heavy atom. The van der Waals surface area contributed by atoms with Crippen LogP contribution in [0, 0.1) is 0 Å². The van der Waals surface area contributed by atoms with Crippen molar-refractivity contribution < 1.29 is 9.26 Å². The smallest absolute Gasteiger partial charge is 0.256 e. The van der Waals surface area contributed by atoms with E-state index in [-0.39, 0.29) is 6.10 Å². The molecule has 0 spiro atoms. The lowest BCUT2D eigenvalue weighted by atomic mass is 10.2. The molecule has 5 heteroatoms. The van der Waals surface area contributed by atoms with Gasteiger partial charge in [0.15, 0.2) is 0 Å². The van der Waals surface area contributed by atoms with Crippen LogP contribution in [0.25, 0.3) is 11.4 Å². The Kier molecular flexibility index (Phi) is 2.53. The zero-order chi connectivity index (χ0) is 11.7. The maximum atomic E-state index is 5.71. The first-order chi connectivity index (χ1) is 8.33. The summed E-state index contributed by atoms with van der Waals surface area (Å²) >= 11 is 0. The summed E-state index contributed by atoms with van der Waals surface area (Å²) in [5.74, 6) is 1.11. The predicted octanol–water partition coefficient (Wildman–Crippen LogP) is 2.17. The van der Waals surface area contributed by atoms with E-state index >= 15 is 0 Å². The van der Waals surface area contributed by atoms with E-state index < -0.39 is 0 Å². The number of anilines is 1. The van der Waals surface area contributed by atoms with Gasteiger partial charge in [-0.25, -0.2) is 0 Å². The van der Waals surface area contributed by atoms with Crippen LogP contribution < -0.4 is 5.73 Å². The molecule has 0 bridgehead atoms. The minimum absolute atomic E-state index is 0.0442. The van der Waals surface area contributed by atoms with Crippen molar-refractivity contribution in [3.05, 3.63) is 30.2 Å². The lowest BCUT2D eigenvalue weighted by Gasteiger charge is -2.00. The van der Waals surface area contributed by atoms with Crippen LogP contribution in [0.5, 0.6) is 0 Å². The molecule has 1 atom stereocenters. The molecule has 2 aromatic rings. The fraction of sp³-hybridized carbons (Fsp3) is 0.333. The van der Waals surface area contributed by atoms with Crippen molar-refractivity contribution in [2.24, 2.45) is 0 Å². The van der Waals surface area contributed by atoms with Gasteiger partial charge < -0.3 is 15.0 Å². The van der Waals surface area contributed by atoms with Crippen molar-refractivity contribution in [1.82, 2.24) is 10.1 Å². The van der Waals surface area contributed by atoms with E-state index in [1.54, 1.807) is 0 Å². The number of nitrogen functional groups attached to an aromatic ring is 1. The second kappa shape index (κ2) is 4.18. The molecule has 0 aliphatic carbocycles. The van der Waals surface area contributed by atoms with Gasteiger partial charge in [-0.15, -0.1) is 0 Å². The highest BCUT2D eigenvalue weighted by molar-refractivity contribution is 5.60. The summed E-state index contributed by atoms with van der Waals surface area (Å²) in [7, 11) is 0. The normalized spacial score (nSPS) is 19.6. The maximum absolute atomic E-state index is 5.71. The van der Waals surface area contributed by atoms with Gasteiger partial charge in [0.1, 0.15) is 6.10 Å². The van der Waals surface area contributed by atoms with Crippen LogP contribution in [0.3, 0.4) is 0 Å². The third kappa shape index (κ3) is 2.01. The van der Waals surface area contributed by atoms with Gasteiger partial charge in [-0.1, -0.05) is 17.3 Å². The van der Waals surface area contributed by atoms with E-state index in [0.29, 0.717) is 17.4 Å². The second-order valence-corrected chi connectivity index (χ2v) is 4.08. The molecule has 1 saturated heterocycles. The maximum Gasteiger partial charge on any atom is 0.256 e. The summed E-state index contributed by atoms with van der Waals surface area (Å²) < 4.78 is 10.7. The standard InChI is InChI=1S/C12H13N3O2/c13-9-4-1-3-8(7-9)11-14-12(17-15-11)10-5-2-6-16-10/h1,3-4,7,10H,2,5-6,13H2/t10-/m0/s1. The van der Waals surface area contributed by atoms with Crippen molar-refractivity contribution in [3.8, 4) is 11.4 Å². The molecule has 0 unspecified atom stereocenters. The van der Waals surface area contributed by atoms with Crippen LogP contribution in [0.15, 0.2) is 28.8 Å². The Balaban J connectivity index is 1.89. The van der Waals surface area contributed by atoms with E-state index in [1.807, 2.05) is 24.3 Å². The zero-order valence-corrected chi connectivity index (χ0v) is 9.30. The largest absolute Gasteiger partial charge is 0.399 e. The number of hydrogen-bond donors (Lipinski definition) is 1. The van der Waals surface area contributed by atoms with E-state index in [2.05, 4.69) is 10.1 Å². The van der Waals surface area contributed by atoms with Gasteiger partial charge in [0, 0.05) is 17.9 Å². The molecule has 88 valence electrons. The molecule has 1 aromatic heterocycles. The average Bonchev–Trinajstić information content (AvgIpc) is 3.00. The molecule has 1 aromatic carbocycles. The molecule has 3 rings (SSSR count). The van der Waals surface area contributed by atoms with Crippen LogP contribution >= 0.6 is 0 Å². The molecule has 1 fully saturated rings. The van der Waals surface area contributed by atoms with Crippen molar-refractivity contribution in [3.63, 3.8) is 0 Å². The molecule has 0 saturated carbocycles. The van der Waals surface area contributed by atoms with Gasteiger partial charge >= 0.3 is 0 Å². The van der Waals surface area contributed by atoms with E-state index in [1.165, 1.54) is 0 Å². The topological polar surface area (TPSA) is 74.2 Å². The third-order valence-electron chi connectivity index (χ3n) is 2.79. The third-order valence-corrected chi connectivity index (χ3v) is 2.79. The summed E-state index contributed by atoms with van der Waals surface area (Å²) in [4.78, 5) is 4.35. The van der Waals surface area contributed by atoms with Crippen LogP contribution in [0.4, 0.5) is 5.69 Å². The molecule has 2 heterocycles. The Hall–Kier alpha value is -1.88. The first kappa shape index (κ1) is 10.3. The number of nitrogens with two attached hydrogens (primary N) is 1. The van der Waals surface area contributed by atoms with Gasteiger partial charge in [0.2, 0.25) is 5.82 Å². The fourth-order valence-electron chi connectivity index (χ4n) is 1.93. The molecular weight excluding hydrogens is 218 g/mol. The van der Waals surface area contributed by atoms with Gasteiger partial charge in [-0.2, -0.15) is 4.98 Å². The lowest BCUT2D eigenvalue weighted by molar-refractivity contribution is 0.0835. The predicted molar refractivity (Wildman–Crippen MR) is 62.1 cm³/mol. The zero-order valence-electron chi connectivity index (χ0n) is 9.30. The quantitative estimate of drug-likeness (QED) is 0.802. The SMILES string of the molecule is Nc1cccc(-c2noc([C@@H]3CCCO3)n2)c1. The number of nitrogens with zero attached hydrogens (tertiary/aromatic N) is 2. The number of benzene rings is 1. The Morgan fingerprint density at radius 1 is 1.35 bits per heavy atom. The molecule has 5 nitrogen and oxygen atoms in total. The molecule has 17 heavy (non-hydrogen) atoms. The van der Waals surface area contributed by atoms with Gasteiger partial charge in [-0.05, 0) is 25.0 Å². The summed E-state index contributed by atoms with van der Waals surface area (Å²) in [5, 5.41) is 3.95. The summed E-state index contributed by atoms with van der Waals surface area (Å²) in [5.41, 5.74) is 7.26. The van der Waals surface area contributed by atoms with Gasteiger partial charge in [-0.3, -0.25) is 0 Å². The summed E-state index contributed by atoms with van der Waals surface area (Å²) in [6, 6.07) is 7.42. The molecule has 1 aliphatic heterocycles. The number of aromatic nitrogens is 2. The van der Waals surface area contributed by atoms with Crippen molar-refractivity contribution >= 4 is 5.69 Å². The number of rotatable bonds is 2. The minimum atomic E-state index is -0.0442. The monoisotopic (exact) mass is 231 g/mol. The van der Waals surface area contributed by atoms with Crippen molar-refractivity contribution in [1.29, 1.82) is 0 Å². The molecule has 2 N–H and O–H groups in total. The second-order valence-electron chi connectivity index (χ2n) is 4.08. The van der Waals surface area contributed by atoms with Crippen LogP contribution in [0.1, 0.15) is 24.8 Å². The molecular formula is C12H13N3O2. The highest BCUT2D eigenvalue weighted by atomic mass is 16.5. The van der Waals surface area contributed by atoms with E-state index in [0.717, 1.165) is 25.0 Å². The van der Waals surface area contributed by atoms with Gasteiger partial charge in [0.05, 0.1) is 0 Å². The highest BCUT2D eigenvalue weighted by Crippen LogP contribution is 2.28. The molecule has 0 radical (unpaired) electrons. The van der Waals surface area contributed by atoms with Crippen molar-refractivity contribution in [2.75, 3.05) is 12.3 Å². The summed E-state index contributed by atoms with van der Waals surface area (Å²) in [6.45, 7) is 0.765. The lowest BCUT2D eigenvalue weighted by Crippen LogP contribution is -1.95. The van der Waals surface area contributed by atoms with Crippen LogP contribution in [-0.2, 0) is 4.74 Å². The first-order valence-corrected chi connectivity index (χ1v) is 5.64. The molecule has 0 amide bonds. The molecule has 1 aliphatic rings. The Bertz CT molecular complexity index is 518. The van der Waals surface area contributed by atoms with Crippen LogP contribution in [-0.4, -0.2) is 16.7 Å². The Morgan fingerprint density at radius 2 is 2.29 bits per heavy atom. The Labute approximate surface area is 98.6 Å². The van der Waals surface area contributed by atoms with E-state index in [4.69, 9.17) is 15.0 Å². The van der Waals surface area contributed by atoms with Gasteiger partial charge in [0.25, 0.3) is 5.89 Å².